The Morgan fingerprint density at radius 2 is 1.88 bits per heavy atom. The summed E-state index contributed by atoms with van der Waals surface area (Å²) in [5.41, 5.74) is 4.75. The number of nitrogens with one attached hydrogen (secondary N) is 2. The average Bonchev–Trinajstić information content (AvgIpc) is 2.67. The van der Waals surface area contributed by atoms with Crippen LogP contribution in [0.15, 0.2) is 60.3 Å². The highest BCUT2D eigenvalue weighted by Gasteiger charge is 2.23. The maximum atomic E-state index is 12.4. The minimum Gasteiger partial charge on any atom is -0.497 e. The Bertz CT molecular complexity index is 832. The molecule has 1 heterocycles. The number of hydrogen-bond donors (Lipinski definition) is 2. The number of rotatable bonds is 5. The Morgan fingerprint density at radius 3 is 2.54 bits per heavy atom. The summed E-state index contributed by atoms with van der Waals surface area (Å²) in [5, 5.41) is 4.75. The summed E-state index contributed by atoms with van der Waals surface area (Å²) in [4.78, 5) is 24.5. The molecule has 0 aromatic heterocycles. The van der Waals surface area contributed by atoms with Gasteiger partial charge in [0.2, 0.25) is 5.91 Å². The minimum atomic E-state index is -0.285. The molecule has 2 N–H and O–H groups in total. The van der Waals surface area contributed by atoms with Crippen molar-refractivity contribution < 1.29 is 14.3 Å². The zero-order chi connectivity index (χ0) is 18.5. The molecule has 0 fully saturated rings. The molecule has 3 rings (SSSR count). The van der Waals surface area contributed by atoms with Crippen molar-refractivity contribution in [1.29, 1.82) is 0 Å². The van der Waals surface area contributed by atoms with Gasteiger partial charge in [0.05, 0.1) is 12.8 Å². The number of carbonyl (C=O) groups is 2. The van der Waals surface area contributed by atoms with Crippen LogP contribution in [0.25, 0.3) is 0 Å². The molecule has 6 nitrogen and oxygen atoms in total. The summed E-state index contributed by atoms with van der Waals surface area (Å²) in [6.45, 7) is 0.372. The van der Waals surface area contributed by atoms with E-state index in [1.54, 1.807) is 37.5 Å². The van der Waals surface area contributed by atoms with E-state index in [-0.39, 0.29) is 18.2 Å². The van der Waals surface area contributed by atoms with E-state index in [2.05, 4.69) is 10.7 Å². The van der Waals surface area contributed by atoms with Gasteiger partial charge in [-0.05, 0) is 48.0 Å². The van der Waals surface area contributed by atoms with E-state index in [9.17, 15) is 9.59 Å². The maximum absolute atomic E-state index is 12.4. The highest BCUT2D eigenvalue weighted by atomic mass is 35.5. The van der Waals surface area contributed by atoms with Gasteiger partial charge in [-0.1, -0.05) is 23.7 Å². The standard InChI is InChI=1S/C19H18ClN3O3/c1-26-16-8-2-13(3-9-16)12-21-19(25)17-10-11-18(24)23(22-17)15-6-4-14(20)5-7-15/h2-10,22H,11-12H2,1H3,(H,21,25). The van der Waals surface area contributed by atoms with Crippen molar-refractivity contribution >= 4 is 29.1 Å². The SMILES string of the molecule is COc1ccc(CNC(=O)C2=CCC(=O)N(c3ccc(Cl)cc3)N2)cc1. The molecule has 134 valence electrons. The number of carbonyl (C=O) groups excluding carboxylic acids is 2. The molecule has 0 aliphatic carbocycles. The summed E-state index contributed by atoms with van der Waals surface area (Å²) >= 11 is 5.88. The molecule has 0 atom stereocenters. The van der Waals surface area contributed by atoms with Crippen molar-refractivity contribution in [3.63, 3.8) is 0 Å². The van der Waals surface area contributed by atoms with Crippen LogP contribution in [-0.2, 0) is 16.1 Å². The summed E-state index contributed by atoms with van der Waals surface area (Å²) in [7, 11) is 1.60. The van der Waals surface area contributed by atoms with Gasteiger partial charge >= 0.3 is 0 Å². The quantitative estimate of drug-likeness (QED) is 0.847. The second-order valence-electron chi connectivity index (χ2n) is 5.67. The van der Waals surface area contributed by atoms with Gasteiger partial charge in [-0.3, -0.25) is 15.0 Å². The molecular weight excluding hydrogens is 354 g/mol. The van der Waals surface area contributed by atoms with Gasteiger partial charge in [0.25, 0.3) is 5.91 Å². The molecule has 0 saturated carbocycles. The molecule has 2 aromatic rings. The fraction of sp³-hybridized carbons (Fsp3) is 0.158. The highest BCUT2D eigenvalue weighted by molar-refractivity contribution is 6.30. The first-order chi connectivity index (χ1) is 12.6. The number of halogens is 1. The molecule has 0 bridgehead atoms. The third-order valence-corrected chi connectivity index (χ3v) is 4.16. The molecule has 0 saturated heterocycles. The fourth-order valence-corrected chi connectivity index (χ4v) is 2.60. The van der Waals surface area contributed by atoms with Crippen LogP contribution >= 0.6 is 11.6 Å². The maximum Gasteiger partial charge on any atom is 0.269 e. The second kappa shape index (κ2) is 7.93. The zero-order valence-corrected chi connectivity index (χ0v) is 14.9. The van der Waals surface area contributed by atoms with Crippen LogP contribution in [0.4, 0.5) is 5.69 Å². The minimum absolute atomic E-state index is 0.140. The molecule has 2 aromatic carbocycles. The molecule has 0 spiro atoms. The van der Waals surface area contributed by atoms with Crippen molar-refractivity contribution in [2.24, 2.45) is 0 Å². The van der Waals surface area contributed by atoms with Crippen LogP contribution in [0.2, 0.25) is 5.02 Å². The molecule has 2 amide bonds. The van der Waals surface area contributed by atoms with Crippen LogP contribution in [0.1, 0.15) is 12.0 Å². The molecule has 0 unspecified atom stereocenters. The Labute approximate surface area is 156 Å². The number of benzene rings is 2. The van der Waals surface area contributed by atoms with E-state index in [0.29, 0.717) is 23.0 Å². The number of anilines is 1. The first-order valence-electron chi connectivity index (χ1n) is 8.03. The Kier molecular flexibility index (Phi) is 5.43. The fourth-order valence-electron chi connectivity index (χ4n) is 2.47. The molecule has 1 aliphatic rings. The topological polar surface area (TPSA) is 70.7 Å². The summed E-state index contributed by atoms with van der Waals surface area (Å²) < 4.78 is 5.11. The Hall–Kier alpha value is -2.99. The van der Waals surface area contributed by atoms with Gasteiger partial charge in [-0.2, -0.15) is 0 Å². The molecule has 26 heavy (non-hydrogen) atoms. The monoisotopic (exact) mass is 371 g/mol. The summed E-state index contributed by atoms with van der Waals surface area (Å²) in [6, 6.07) is 14.2. The Morgan fingerprint density at radius 1 is 1.19 bits per heavy atom. The lowest BCUT2D eigenvalue weighted by Gasteiger charge is -2.28. The van der Waals surface area contributed by atoms with Gasteiger partial charge in [0.1, 0.15) is 11.4 Å². The van der Waals surface area contributed by atoms with Gasteiger partial charge in [-0.15, -0.1) is 0 Å². The van der Waals surface area contributed by atoms with Crippen LogP contribution in [0.3, 0.4) is 0 Å². The van der Waals surface area contributed by atoms with Gasteiger partial charge < -0.3 is 10.1 Å². The summed E-state index contributed by atoms with van der Waals surface area (Å²) in [6.07, 6.45) is 1.72. The lowest BCUT2D eigenvalue weighted by molar-refractivity contribution is -0.120. The van der Waals surface area contributed by atoms with E-state index < -0.39 is 0 Å². The van der Waals surface area contributed by atoms with Crippen LogP contribution in [0.5, 0.6) is 5.75 Å². The van der Waals surface area contributed by atoms with Crippen LogP contribution in [0, 0.1) is 0 Å². The molecule has 7 heteroatoms. The number of nitrogens with zero attached hydrogens (tertiary/aromatic N) is 1. The zero-order valence-electron chi connectivity index (χ0n) is 14.2. The smallest absolute Gasteiger partial charge is 0.269 e. The predicted molar refractivity (Wildman–Crippen MR) is 99.6 cm³/mol. The third-order valence-electron chi connectivity index (χ3n) is 3.90. The van der Waals surface area contributed by atoms with E-state index in [1.807, 2.05) is 24.3 Å². The first-order valence-corrected chi connectivity index (χ1v) is 8.41. The number of methoxy groups -OCH3 is 1. The van der Waals surface area contributed by atoms with E-state index in [1.165, 1.54) is 5.01 Å². The number of ether oxygens (including phenoxy) is 1. The lowest BCUT2D eigenvalue weighted by atomic mass is 10.2. The van der Waals surface area contributed by atoms with Crippen molar-refractivity contribution in [2.45, 2.75) is 13.0 Å². The molecular formula is C19H18ClN3O3. The third kappa shape index (κ3) is 4.15. The van der Waals surface area contributed by atoms with Gasteiger partial charge in [0, 0.05) is 18.0 Å². The van der Waals surface area contributed by atoms with Crippen LogP contribution < -0.4 is 20.5 Å². The van der Waals surface area contributed by atoms with Crippen LogP contribution in [-0.4, -0.2) is 18.9 Å². The normalized spacial score (nSPS) is 13.7. The largest absolute Gasteiger partial charge is 0.497 e. The second-order valence-corrected chi connectivity index (χ2v) is 6.11. The van der Waals surface area contributed by atoms with Crippen molar-refractivity contribution in [2.75, 3.05) is 12.1 Å². The number of amides is 2. The number of hydrazine groups is 1. The van der Waals surface area contributed by atoms with E-state index >= 15 is 0 Å². The average molecular weight is 372 g/mol. The van der Waals surface area contributed by atoms with Gasteiger partial charge in [-0.25, -0.2) is 5.01 Å². The lowest BCUT2D eigenvalue weighted by Crippen LogP contribution is -2.48. The Balaban J connectivity index is 1.63. The van der Waals surface area contributed by atoms with Gasteiger partial charge in [0.15, 0.2) is 0 Å². The predicted octanol–water partition coefficient (Wildman–Crippen LogP) is 2.79. The van der Waals surface area contributed by atoms with Crippen molar-refractivity contribution in [1.82, 2.24) is 10.7 Å². The van der Waals surface area contributed by atoms with E-state index in [0.717, 1.165) is 11.3 Å². The van der Waals surface area contributed by atoms with Crippen molar-refractivity contribution in [3.8, 4) is 5.75 Å². The highest BCUT2D eigenvalue weighted by Crippen LogP contribution is 2.20. The number of hydrogen-bond acceptors (Lipinski definition) is 4. The van der Waals surface area contributed by atoms with E-state index in [4.69, 9.17) is 16.3 Å². The molecule has 0 radical (unpaired) electrons. The molecule has 1 aliphatic heterocycles. The summed E-state index contributed by atoms with van der Waals surface area (Å²) in [5.74, 6) is 0.320. The first kappa shape index (κ1) is 17.8. The van der Waals surface area contributed by atoms with Crippen molar-refractivity contribution in [3.05, 3.63) is 70.9 Å².